The second kappa shape index (κ2) is 4.69. The molecule has 0 N–H and O–H groups in total. The number of hydrogen-bond donors (Lipinski definition) is 0. The van der Waals surface area contributed by atoms with E-state index in [2.05, 4.69) is 9.97 Å². The Morgan fingerprint density at radius 3 is 2.22 bits per heavy atom. The van der Waals surface area contributed by atoms with E-state index in [0.29, 0.717) is 11.4 Å². The van der Waals surface area contributed by atoms with E-state index < -0.39 is 5.41 Å². The maximum atomic E-state index is 12.4. The lowest BCUT2D eigenvalue weighted by atomic mass is 9.84. The van der Waals surface area contributed by atoms with Gasteiger partial charge in [-0.05, 0) is 6.07 Å². The van der Waals surface area contributed by atoms with Crippen molar-refractivity contribution in [3.8, 4) is 11.4 Å². The molecule has 0 aliphatic rings. The van der Waals surface area contributed by atoms with Crippen molar-refractivity contribution in [3.05, 3.63) is 48.3 Å². The van der Waals surface area contributed by atoms with Crippen LogP contribution in [0, 0.1) is 5.41 Å². The molecular formula is C15H16N2O. The van der Waals surface area contributed by atoms with Gasteiger partial charge in [-0.25, -0.2) is 9.97 Å². The second-order valence-corrected chi connectivity index (χ2v) is 5.20. The third-order valence-electron chi connectivity index (χ3n) is 2.66. The zero-order chi connectivity index (χ0) is 13.2. The molecule has 3 heteroatoms. The monoisotopic (exact) mass is 240 g/mol. The number of carbonyl (C=O) groups is 1. The van der Waals surface area contributed by atoms with Gasteiger partial charge in [-0.1, -0.05) is 45.0 Å². The van der Waals surface area contributed by atoms with Crippen LogP contribution in [0.3, 0.4) is 0 Å². The van der Waals surface area contributed by atoms with Crippen molar-refractivity contribution < 1.29 is 4.79 Å². The standard InChI is InChI=1S/C15H16N2O/c1-15(2,3)13(18)11-7-4-5-8-12(11)14-16-9-6-10-17-14/h4-10H,1-3H3. The van der Waals surface area contributed by atoms with Crippen LogP contribution in [0.4, 0.5) is 0 Å². The first-order chi connectivity index (χ1) is 8.50. The highest BCUT2D eigenvalue weighted by atomic mass is 16.1. The zero-order valence-corrected chi connectivity index (χ0v) is 10.8. The highest BCUT2D eigenvalue weighted by molar-refractivity contribution is 6.04. The molecular weight excluding hydrogens is 224 g/mol. The molecule has 0 atom stereocenters. The number of hydrogen-bond acceptors (Lipinski definition) is 3. The van der Waals surface area contributed by atoms with Gasteiger partial charge in [0.1, 0.15) is 0 Å². The predicted octanol–water partition coefficient (Wildman–Crippen LogP) is 3.37. The normalized spacial score (nSPS) is 11.3. The molecule has 0 aliphatic carbocycles. The van der Waals surface area contributed by atoms with Gasteiger partial charge in [0.15, 0.2) is 11.6 Å². The van der Waals surface area contributed by atoms with E-state index in [4.69, 9.17) is 0 Å². The van der Waals surface area contributed by atoms with Crippen LogP contribution in [0.1, 0.15) is 31.1 Å². The molecule has 0 amide bonds. The number of aromatic nitrogens is 2. The molecule has 3 nitrogen and oxygen atoms in total. The Morgan fingerprint density at radius 1 is 1.00 bits per heavy atom. The highest BCUT2D eigenvalue weighted by Crippen LogP contribution is 2.27. The Bertz CT molecular complexity index is 556. The van der Waals surface area contributed by atoms with Gasteiger partial charge in [0.25, 0.3) is 0 Å². The van der Waals surface area contributed by atoms with Gasteiger partial charge in [0.2, 0.25) is 0 Å². The van der Waals surface area contributed by atoms with E-state index in [1.165, 1.54) is 0 Å². The number of carbonyl (C=O) groups excluding carboxylic acids is 1. The fourth-order valence-corrected chi connectivity index (χ4v) is 1.72. The number of ketones is 1. The van der Waals surface area contributed by atoms with Crippen LogP contribution in [-0.2, 0) is 0 Å². The average Bonchev–Trinajstić information content (AvgIpc) is 2.38. The van der Waals surface area contributed by atoms with Crippen LogP contribution in [0.15, 0.2) is 42.7 Å². The lowest BCUT2D eigenvalue weighted by Crippen LogP contribution is -2.21. The van der Waals surface area contributed by atoms with Gasteiger partial charge in [-0.3, -0.25) is 4.79 Å². The number of benzene rings is 1. The van der Waals surface area contributed by atoms with E-state index >= 15 is 0 Å². The van der Waals surface area contributed by atoms with Gasteiger partial charge in [0, 0.05) is 28.9 Å². The summed E-state index contributed by atoms with van der Waals surface area (Å²) < 4.78 is 0. The first kappa shape index (κ1) is 12.4. The minimum Gasteiger partial charge on any atom is -0.294 e. The Hall–Kier alpha value is -2.03. The maximum Gasteiger partial charge on any atom is 0.168 e. The fourth-order valence-electron chi connectivity index (χ4n) is 1.72. The summed E-state index contributed by atoms with van der Waals surface area (Å²) in [6.45, 7) is 5.74. The minimum atomic E-state index is -0.412. The number of rotatable bonds is 2. The molecule has 1 heterocycles. The highest BCUT2D eigenvalue weighted by Gasteiger charge is 2.25. The van der Waals surface area contributed by atoms with Crippen LogP contribution in [0.25, 0.3) is 11.4 Å². The molecule has 0 saturated heterocycles. The van der Waals surface area contributed by atoms with E-state index in [1.54, 1.807) is 18.5 Å². The summed E-state index contributed by atoms with van der Waals surface area (Å²) in [6, 6.07) is 9.24. The quantitative estimate of drug-likeness (QED) is 0.756. The van der Waals surface area contributed by atoms with Crippen molar-refractivity contribution in [2.45, 2.75) is 20.8 Å². The molecule has 2 aromatic rings. The molecule has 92 valence electrons. The van der Waals surface area contributed by atoms with Gasteiger partial charge in [-0.2, -0.15) is 0 Å². The summed E-state index contributed by atoms with van der Waals surface area (Å²) in [5.74, 6) is 0.691. The summed E-state index contributed by atoms with van der Waals surface area (Å²) in [5.41, 5.74) is 1.06. The van der Waals surface area contributed by atoms with E-state index in [1.807, 2.05) is 45.0 Å². The summed E-state index contributed by atoms with van der Waals surface area (Å²) in [4.78, 5) is 20.8. The maximum absolute atomic E-state index is 12.4. The van der Waals surface area contributed by atoms with Crippen molar-refractivity contribution in [2.24, 2.45) is 5.41 Å². The molecule has 0 unspecified atom stereocenters. The van der Waals surface area contributed by atoms with Gasteiger partial charge >= 0.3 is 0 Å². The summed E-state index contributed by atoms with van der Waals surface area (Å²) in [6.07, 6.45) is 3.36. The number of nitrogens with zero attached hydrogens (tertiary/aromatic N) is 2. The van der Waals surface area contributed by atoms with Gasteiger partial charge in [0.05, 0.1) is 0 Å². The Kier molecular flexibility index (Phi) is 3.24. The molecule has 18 heavy (non-hydrogen) atoms. The third-order valence-corrected chi connectivity index (χ3v) is 2.66. The van der Waals surface area contributed by atoms with Crippen molar-refractivity contribution >= 4 is 5.78 Å². The molecule has 0 aliphatic heterocycles. The van der Waals surface area contributed by atoms with Crippen molar-refractivity contribution in [2.75, 3.05) is 0 Å². The van der Waals surface area contributed by atoms with Gasteiger partial charge < -0.3 is 0 Å². The van der Waals surface area contributed by atoms with Crippen LogP contribution >= 0.6 is 0 Å². The Balaban J connectivity index is 2.54. The molecule has 0 spiro atoms. The molecule has 0 radical (unpaired) electrons. The molecule has 0 fully saturated rings. The van der Waals surface area contributed by atoms with Crippen molar-refractivity contribution in [1.82, 2.24) is 9.97 Å². The fraction of sp³-hybridized carbons (Fsp3) is 0.267. The third kappa shape index (κ3) is 2.45. The Labute approximate surface area is 107 Å². The van der Waals surface area contributed by atoms with Crippen LogP contribution in [0.2, 0.25) is 0 Å². The lowest BCUT2D eigenvalue weighted by Gasteiger charge is -2.18. The van der Waals surface area contributed by atoms with Crippen molar-refractivity contribution in [1.29, 1.82) is 0 Å². The van der Waals surface area contributed by atoms with Crippen molar-refractivity contribution in [3.63, 3.8) is 0 Å². The van der Waals surface area contributed by atoms with Crippen LogP contribution < -0.4 is 0 Å². The largest absolute Gasteiger partial charge is 0.294 e. The summed E-state index contributed by atoms with van der Waals surface area (Å²) in [7, 11) is 0. The Morgan fingerprint density at radius 2 is 1.61 bits per heavy atom. The second-order valence-electron chi connectivity index (χ2n) is 5.20. The zero-order valence-electron chi connectivity index (χ0n) is 10.8. The molecule has 0 bridgehead atoms. The van der Waals surface area contributed by atoms with E-state index in [-0.39, 0.29) is 5.78 Å². The molecule has 0 saturated carbocycles. The van der Waals surface area contributed by atoms with Gasteiger partial charge in [-0.15, -0.1) is 0 Å². The lowest BCUT2D eigenvalue weighted by molar-refractivity contribution is 0.0859. The predicted molar refractivity (Wildman–Crippen MR) is 71.3 cm³/mol. The van der Waals surface area contributed by atoms with Crippen LogP contribution in [0.5, 0.6) is 0 Å². The van der Waals surface area contributed by atoms with E-state index in [9.17, 15) is 4.79 Å². The topological polar surface area (TPSA) is 42.9 Å². The molecule has 1 aromatic heterocycles. The first-order valence-electron chi connectivity index (χ1n) is 5.91. The van der Waals surface area contributed by atoms with E-state index in [0.717, 1.165) is 5.56 Å². The van der Waals surface area contributed by atoms with Crippen LogP contribution in [-0.4, -0.2) is 15.8 Å². The number of Topliss-reactive ketones (excluding diaryl/α,β-unsaturated/α-hetero) is 1. The molecule has 2 rings (SSSR count). The first-order valence-corrected chi connectivity index (χ1v) is 5.91. The average molecular weight is 240 g/mol. The smallest absolute Gasteiger partial charge is 0.168 e. The molecule has 1 aromatic carbocycles. The SMILES string of the molecule is CC(C)(C)C(=O)c1ccccc1-c1ncccn1. The minimum absolute atomic E-state index is 0.102. The summed E-state index contributed by atoms with van der Waals surface area (Å²) >= 11 is 0. The summed E-state index contributed by atoms with van der Waals surface area (Å²) in [5, 5.41) is 0.